The number of nitrogens with two attached hydrogens (primary N) is 1. The van der Waals surface area contributed by atoms with Crippen LogP contribution in [0.4, 0.5) is 0 Å². The van der Waals surface area contributed by atoms with E-state index in [0.29, 0.717) is 28.8 Å². The third kappa shape index (κ3) is 4.61. The molecule has 108 valence electrons. The molecule has 20 heavy (non-hydrogen) atoms. The molecule has 1 unspecified atom stereocenters. The number of carbonyl (C=O) groups excluding carboxylic acids is 1. The molecular weight excluding hydrogens is 299 g/mol. The minimum Gasteiger partial charge on any atom is -0.479 e. The molecule has 1 rings (SSSR count). The lowest BCUT2D eigenvalue weighted by Crippen LogP contribution is -2.36. The van der Waals surface area contributed by atoms with Crippen molar-refractivity contribution in [1.82, 2.24) is 5.32 Å². The first-order chi connectivity index (χ1) is 9.49. The monoisotopic (exact) mass is 314 g/mol. The van der Waals surface area contributed by atoms with Crippen molar-refractivity contribution in [2.24, 2.45) is 5.73 Å². The molecule has 6 heteroatoms. The van der Waals surface area contributed by atoms with Gasteiger partial charge < -0.3 is 15.8 Å². The van der Waals surface area contributed by atoms with Gasteiger partial charge in [0.15, 0.2) is 6.10 Å². The van der Waals surface area contributed by atoms with E-state index in [4.69, 9.17) is 40.1 Å². The number of hydrogen-bond acceptors (Lipinski definition) is 3. The van der Waals surface area contributed by atoms with Gasteiger partial charge in [-0.25, -0.2) is 0 Å². The standard InChI is InChI=1S/C14H16Cl2N2O2/c1-3-6-18-14(19)9(2)20-13-10(4-5-17)7-11(15)8-12(13)16/h1,7-9H,4-6,17H2,2H3,(H,18,19). The molecular formula is C14H16Cl2N2O2. The van der Waals surface area contributed by atoms with E-state index in [1.54, 1.807) is 19.1 Å². The maximum atomic E-state index is 11.7. The van der Waals surface area contributed by atoms with E-state index < -0.39 is 6.10 Å². The fraction of sp³-hybridized carbons (Fsp3) is 0.357. The third-order valence-electron chi connectivity index (χ3n) is 2.53. The first-order valence-corrected chi connectivity index (χ1v) is 6.81. The highest BCUT2D eigenvalue weighted by Crippen LogP contribution is 2.33. The van der Waals surface area contributed by atoms with Crippen molar-refractivity contribution in [2.45, 2.75) is 19.4 Å². The summed E-state index contributed by atoms with van der Waals surface area (Å²) in [4.78, 5) is 11.7. The summed E-state index contributed by atoms with van der Waals surface area (Å²) in [6, 6.07) is 3.28. The van der Waals surface area contributed by atoms with Crippen molar-refractivity contribution in [3.05, 3.63) is 27.7 Å². The van der Waals surface area contributed by atoms with Gasteiger partial charge in [-0.2, -0.15) is 0 Å². The fourth-order valence-corrected chi connectivity index (χ4v) is 2.18. The number of ether oxygens (including phenoxy) is 1. The Morgan fingerprint density at radius 1 is 1.55 bits per heavy atom. The molecule has 0 aliphatic heterocycles. The first-order valence-electron chi connectivity index (χ1n) is 6.05. The maximum Gasteiger partial charge on any atom is 0.261 e. The van der Waals surface area contributed by atoms with Crippen molar-refractivity contribution < 1.29 is 9.53 Å². The lowest BCUT2D eigenvalue weighted by atomic mass is 10.1. The Morgan fingerprint density at radius 2 is 2.25 bits per heavy atom. The number of halogens is 2. The normalized spacial score (nSPS) is 11.6. The Kier molecular flexibility index (Phi) is 6.66. The van der Waals surface area contributed by atoms with E-state index in [0.717, 1.165) is 5.56 Å². The lowest BCUT2D eigenvalue weighted by Gasteiger charge is -2.18. The van der Waals surface area contributed by atoms with Crippen molar-refractivity contribution in [3.63, 3.8) is 0 Å². The van der Waals surface area contributed by atoms with Crippen molar-refractivity contribution in [2.75, 3.05) is 13.1 Å². The Hall–Kier alpha value is -1.41. The second-order valence-electron chi connectivity index (χ2n) is 4.10. The van der Waals surface area contributed by atoms with Gasteiger partial charge in [0, 0.05) is 5.02 Å². The zero-order valence-corrected chi connectivity index (χ0v) is 12.6. The first kappa shape index (κ1) is 16.6. The average Bonchev–Trinajstić information content (AvgIpc) is 2.39. The quantitative estimate of drug-likeness (QED) is 0.789. The number of rotatable bonds is 6. The van der Waals surface area contributed by atoms with Gasteiger partial charge in [0.05, 0.1) is 11.6 Å². The van der Waals surface area contributed by atoms with Gasteiger partial charge in [-0.1, -0.05) is 29.1 Å². The molecule has 1 atom stereocenters. The van der Waals surface area contributed by atoms with E-state index in [1.165, 1.54) is 0 Å². The Balaban J connectivity index is 2.91. The number of amides is 1. The van der Waals surface area contributed by atoms with Crippen LogP contribution in [-0.4, -0.2) is 25.1 Å². The molecule has 0 aliphatic carbocycles. The van der Waals surface area contributed by atoms with Crippen LogP contribution < -0.4 is 15.8 Å². The van der Waals surface area contributed by atoms with Gasteiger partial charge in [0.1, 0.15) is 5.75 Å². The van der Waals surface area contributed by atoms with E-state index in [1.807, 2.05) is 0 Å². The summed E-state index contributed by atoms with van der Waals surface area (Å²) in [5.74, 6) is 2.43. The smallest absolute Gasteiger partial charge is 0.261 e. The molecule has 1 aromatic carbocycles. The van der Waals surface area contributed by atoms with E-state index >= 15 is 0 Å². The molecule has 0 aliphatic rings. The highest BCUT2D eigenvalue weighted by atomic mass is 35.5. The Labute approximate surface area is 128 Å². The number of nitrogens with one attached hydrogen (secondary N) is 1. The third-order valence-corrected chi connectivity index (χ3v) is 3.03. The zero-order valence-electron chi connectivity index (χ0n) is 11.1. The van der Waals surface area contributed by atoms with Gasteiger partial charge in [-0.3, -0.25) is 4.79 Å². The van der Waals surface area contributed by atoms with Crippen LogP contribution in [0.5, 0.6) is 5.75 Å². The molecule has 4 nitrogen and oxygen atoms in total. The molecule has 1 aromatic rings. The van der Waals surface area contributed by atoms with Crippen molar-refractivity contribution >= 4 is 29.1 Å². The predicted octanol–water partition coefficient (Wildman–Crippen LogP) is 2.01. The second kappa shape index (κ2) is 8.01. The fourth-order valence-electron chi connectivity index (χ4n) is 1.60. The van der Waals surface area contributed by atoms with Crippen LogP contribution in [0.2, 0.25) is 10.0 Å². The largest absolute Gasteiger partial charge is 0.479 e. The summed E-state index contributed by atoms with van der Waals surface area (Å²) in [6.45, 7) is 2.18. The lowest BCUT2D eigenvalue weighted by molar-refractivity contribution is -0.127. The topological polar surface area (TPSA) is 64.3 Å². The van der Waals surface area contributed by atoms with Crippen LogP contribution in [0.3, 0.4) is 0 Å². The van der Waals surface area contributed by atoms with Crippen LogP contribution in [0.25, 0.3) is 0 Å². The SMILES string of the molecule is C#CCNC(=O)C(C)Oc1c(Cl)cc(Cl)cc1CCN. The van der Waals surface area contributed by atoms with Gasteiger partial charge in [-0.05, 0) is 37.6 Å². The summed E-state index contributed by atoms with van der Waals surface area (Å²) < 4.78 is 5.62. The average molecular weight is 315 g/mol. The second-order valence-corrected chi connectivity index (χ2v) is 4.94. The molecule has 0 heterocycles. The zero-order chi connectivity index (χ0) is 15.1. The minimum absolute atomic E-state index is 0.149. The van der Waals surface area contributed by atoms with Gasteiger partial charge in [-0.15, -0.1) is 6.42 Å². The van der Waals surface area contributed by atoms with Crippen LogP contribution in [0.15, 0.2) is 12.1 Å². The number of carbonyl (C=O) groups is 1. The van der Waals surface area contributed by atoms with E-state index in [-0.39, 0.29) is 12.5 Å². The summed E-state index contributed by atoms with van der Waals surface area (Å²) in [5.41, 5.74) is 6.31. The van der Waals surface area contributed by atoms with Crippen molar-refractivity contribution in [1.29, 1.82) is 0 Å². The highest BCUT2D eigenvalue weighted by Gasteiger charge is 2.18. The number of benzene rings is 1. The van der Waals surface area contributed by atoms with Crippen LogP contribution in [0.1, 0.15) is 12.5 Å². The predicted molar refractivity (Wildman–Crippen MR) is 81.2 cm³/mol. The van der Waals surface area contributed by atoms with Crippen LogP contribution >= 0.6 is 23.2 Å². The molecule has 0 aromatic heterocycles. The molecule has 1 amide bonds. The summed E-state index contributed by atoms with van der Waals surface area (Å²) >= 11 is 12.1. The molecule has 0 saturated heterocycles. The maximum absolute atomic E-state index is 11.7. The molecule has 0 saturated carbocycles. The highest BCUT2D eigenvalue weighted by molar-refractivity contribution is 6.35. The molecule has 0 spiro atoms. The van der Waals surface area contributed by atoms with Gasteiger partial charge >= 0.3 is 0 Å². The molecule has 0 radical (unpaired) electrons. The molecule has 3 N–H and O–H groups in total. The number of hydrogen-bond donors (Lipinski definition) is 2. The summed E-state index contributed by atoms with van der Waals surface area (Å²) in [7, 11) is 0. The van der Waals surface area contributed by atoms with Crippen molar-refractivity contribution in [3.8, 4) is 18.1 Å². The summed E-state index contributed by atoms with van der Waals surface area (Å²) in [5, 5.41) is 3.38. The molecule has 0 bridgehead atoms. The van der Waals surface area contributed by atoms with Gasteiger partial charge in [0.25, 0.3) is 5.91 Å². The number of terminal acetylenes is 1. The Bertz CT molecular complexity index is 527. The Morgan fingerprint density at radius 3 is 2.85 bits per heavy atom. The minimum atomic E-state index is -0.724. The summed E-state index contributed by atoms with van der Waals surface area (Å²) in [6.07, 6.45) is 4.91. The van der Waals surface area contributed by atoms with Crippen LogP contribution in [-0.2, 0) is 11.2 Å². The molecule has 0 fully saturated rings. The van der Waals surface area contributed by atoms with Crippen LogP contribution in [0, 0.1) is 12.3 Å². The van der Waals surface area contributed by atoms with E-state index in [9.17, 15) is 4.79 Å². The van der Waals surface area contributed by atoms with E-state index in [2.05, 4.69) is 11.2 Å². The van der Waals surface area contributed by atoms with Gasteiger partial charge in [0.2, 0.25) is 0 Å².